The Morgan fingerprint density at radius 2 is 1.75 bits per heavy atom. The standard InChI is InChI=1S/C17H20FNO4S/c1-4-16(12-5-7-13(22-2)8-6-12)19-24(20,21)14-9-10-17(23-3)15(18)11-14/h5-11,16,19H,4H2,1-3H3/t16-/m1/s1. The van der Waals surface area contributed by atoms with E-state index in [9.17, 15) is 12.8 Å². The number of rotatable bonds is 7. The zero-order valence-electron chi connectivity index (χ0n) is 13.7. The molecular weight excluding hydrogens is 333 g/mol. The molecule has 24 heavy (non-hydrogen) atoms. The molecule has 7 heteroatoms. The third-order valence-electron chi connectivity index (χ3n) is 3.66. The number of benzene rings is 2. The van der Waals surface area contributed by atoms with Crippen molar-refractivity contribution in [3.8, 4) is 11.5 Å². The fourth-order valence-corrected chi connectivity index (χ4v) is 3.61. The van der Waals surface area contributed by atoms with Crippen molar-refractivity contribution in [1.29, 1.82) is 0 Å². The summed E-state index contributed by atoms with van der Waals surface area (Å²) in [5.41, 5.74) is 0.802. The summed E-state index contributed by atoms with van der Waals surface area (Å²) < 4.78 is 51.3. The minimum absolute atomic E-state index is 0.00357. The van der Waals surface area contributed by atoms with Gasteiger partial charge < -0.3 is 9.47 Å². The fraction of sp³-hybridized carbons (Fsp3) is 0.294. The normalized spacial score (nSPS) is 12.7. The molecule has 2 aromatic rings. The van der Waals surface area contributed by atoms with Crippen LogP contribution in [0.3, 0.4) is 0 Å². The highest BCUT2D eigenvalue weighted by Gasteiger charge is 2.21. The van der Waals surface area contributed by atoms with Crippen LogP contribution in [0.2, 0.25) is 0 Å². The molecule has 2 rings (SSSR count). The number of hydrogen-bond acceptors (Lipinski definition) is 4. The van der Waals surface area contributed by atoms with Gasteiger partial charge >= 0.3 is 0 Å². The summed E-state index contributed by atoms with van der Waals surface area (Å²) in [6.07, 6.45) is 0.546. The number of sulfonamides is 1. The Kier molecular flexibility index (Phi) is 5.80. The van der Waals surface area contributed by atoms with E-state index in [4.69, 9.17) is 9.47 Å². The molecule has 2 aromatic carbocycles. The predicted octanol–water partition coefficient (Wildman–Crippen LogP) is 3.27. The molecule has 0 aliphatic rings. The van der Waals surface area contributed by atoms with E-state index >= 15 is 0 Å². The summed E-state index contributed by atoms with van der Waals surface area (Å²) in [6.45, 7) is 1.87. The highest BCUT2D eigenvalue weighted by Crippen LogP contribution is 2.25. The highest BCUT2D eigenvalue weighted by molar-refractivity contribution is 7.89. The van der Waals surface area contributed by atoms with E-state index in [0.717, 1.165) is 11.6 Å². The van der Waals surface area contributed by atoms with Crippen molar-refractivity contribution in [3.63, 3.8) is 0 Å². The zero-order chi connectivity index (χ0) is 17.7. The van der Waals surface area contributed by atoms with E-state index in [-0.39, 0.29) is 10.6 Å². The molecule has 1 N–H and O–H groups in total. The largest absolute Gasteiger partial charge is 0.497 e. The topological polar surface area (TPSA) is 64.6 Å². The first kappa shape index (κ1) is 18.2. The van der Waals surface area contributed by atoms with Gasteiger partial charge in [0.25, 0.3) is 0 Å². The number of halogens is 1. The summed E-state index contributed by atoms with van der Waals surface area (Å²) >= 11 is 0. The monoisotopic (exact) mass is 353 g/mol. The lowest BCUT2D eigenvalue weighted by Gasteiger charge is -2.18. The molecule has 0 aliphatic heterocycles. The Labute approximate surface area is 141 Å². The number of hydrogen-bond donors (Lipinski definition) is 1. The third kappa shape index (κ3) is 4.04. The van der Waals surface area contributed by atoms with Gasteiger partial charge in [-0.05, 0) is 42.3 Å². The Bertz CT molecular complexity index is 791. The maximum Gasteiger partial charge on any atom is 0.241 e. The van der Waals surface area contributed by atoms with Crippen LogP contribution < -0.4 is 14.2 Å². The Morgan fingerprint density at radius 1 is 1.08 bits per heavy atom. The van der Waals surface area contributed by atoms with Crippen molar-refractivity contribution in [2.75, 3.05) is 14.2 Å². The Hall–Kier alpha value is -2.12. The highest BCUT2D eigenvalue weighted by atomic mass is 32.2. The number of ether oxygens (including phenoxy) is 2. The smallest absolute Gasteiger partial charge is 0.241 e. The molecule has 0 amide bonds. The quantitative estimate of drug-likeness (QED) is 0.830. The van der Waals surface area contributed by atoms with Gasteiger partial charge in [-0.1, -0.05) is 19.1 Å². The van der Waals surface area contributed by atoms with E-state index in [2.05, 4.69) is 4.72 Å². The van der Waals surface area contributed by atoms with Gasteiger partial charge in [0.2, 0.25) is 10.0 Å². The molecule has 130 valence electrons. The predicted molar refractivity (Wildman–Crippen MR) is 89.3 cm³/mol. The van der Waals surface area contributed by atoms with E-state index in [1.165, 1.54) is 19.2 Å². The van der Waals surface area contributed by atoms with Gasteiger partial charge in [0.15, 0.2) is 11.6 Å². The van der Waals surface area contributed by atoms with Crippen LogP contribution >= 0.6 is 0 Å². The molecule has 0 bridgehead atoms. The summed E-state index contributed by atoms with van der Waals surface area (Å²) in [5, 5.41) is 0. The van der Waals surface area contributed by atoms with E-state index in [1.54, 1.807) is 31.4 Å². The molecule has 1 atom stereocenters. The lowest BCUT2D eigenvalue weighted by atomic mass is 10.1. The molecule has 0 heterocycles. The van der Waals surface area contributed by atoms with Crippen LogP contribution in [0.4, 0.5) is 4.39 Å². The lowest BCUT2D eigenvalue weighted by molar-refractivity contribution is 0.385. The van der Waals surface area contributed by atoms with Crippen LogP contribution in [0.15, 0.2) is 47.4 Å². The summed E-state index contributed by atoms with van der Waals surface area (Å²) in [6, 6.07) is 10.2. The van der Waals surface area contributed by atoms with Crippen LogP contribution in [0, 0.1) is 5.82 Å². The zero-order valence-corrected chi connectivity index (χ0v) is 14.6. The average molecular weight is 353 g/mol. The summed E-state index contributed by atoms with van der Waals surface area (Å²) in [4.78, 5) is -0.146. The van der Waals surface area contributed by atoms with E-state index in [1.807, 2.05) is 6.92 Å². The minimum Gasteiger partial charge on any atom is -0.497 e. The molecule has 5 nitrogen and oxygen atoms in total. The number of nitrogens with one attached hydrogen (secondary N) is 1. The van der Waals surface area contributed by atoms with E-state index in [0.29, 0.717) is 12.2 Å². The molecule has 0 spiro atoms. The van der Waals surface area contributed by atoms with Crippen molar-refractivity contribution < 1.29 is 22.3 Å². The van der Waals surface area contributed by atoms with Crippen LogP contribution in [0.5, 0.6) is 11.5 Å². The number of methoxy groups -OCH3 is 2. The summed E-state index contributed by atoms with van der Waals surface area (Å²) in [7, 11) is -0.976. The van der Waals surface area contributed by atoms with E-state index < -0.39 is 21.9 Å². The molecular formula is C17H20FNO4S. The van der Waals surface area contributed by atoms with Gasteiger partial charge in [0.1, 0.15) is 5.75 Å². The maximum absolute atomic E-state index is 13.8. The average Bonchev–Trinajstić information content (AvgIpc) is 2.59. The second-order valence-corrected chi connectivity index (χ2v) is 6.87. The van der Waals surface area contributed by atoms with Crippen molar-refractivity contribution in [2.45, 2.75) is 24.3 Å². The van der Waals surface area contributed by atoms with Gasteiger partial charge in [-0.15, -0.1) is 0 Å². The van der Waals surface area contributed by atoms with Gasteiger partial charge in [-0.3, -0.25) is 0 Å². The Balaban J connectivity index is 2.26. The second kappa shape index (κ2) is 7.63. The fourth-order valence-electron chi connectivity index (χ4n) is 2.29. The third-order valence-corrected chi connectivity index (χ3v) is 5.13. The van der Waals surface area contributed by atoms with Crippen LogP contribution in [-0.2, 0) is 10.0 Å². The van der Waals surface area contributed by atoms with Crippen molar-refractivity contribution >= 4 is 10.0 Å². The molecule has 0 saturated heterocycles. The van der Waals surface area contributed by atoms with Crippen LogP contribution in [0.1, 0.15) is 24.9 Å². The molecule has 0 aromatic heterocycles. The van der Waals surface area contributed by atoms with Gasteiger partial charge in [0.05, 0.1) is 19.1 Å². The molecule has 0 saturated carbocycles. The van der Waals surface area contributed by atoms with Gasteiger partial charge in [0, 0.05) is 6.04 Å². The molecule has 0 unspecified atom stereocenters. The van der Waals surface area contributed by atoms with Gasteiger partial charge in [-0.2, -0.15) is 0 Å². The molecule has 0 radical (unpaired) electrons. The maximum atomic E-state index is 13.8. The first-order valence-corrected chi connectivity index (χ1v) is 8.89. The van der Waals surface area contributed by atoms with Crippen LogP contribution in [0.25, 0.3) is 0 Å². The summed E-state index contributed by atoms with van der Waals surface area (Å²) in [5.74, 6) is -0.0392. The lowest BCUT2D eigenvalue weighted by Crippen LogP contribution is -2.28. The second-order valence-electron chi connectivity index (χ2n) is 5.15. The van der Waals surface area contributed by atoms with Gasteiger partial charge in [-0.25, -0.2) is 17.5 Å². The minimum atomic E-state index is -3.86. The first-order valence-electron chi connectivity index (χ1n) is 7.41. The SMILES string of the molecule is CC[C@@H](NS(=O)(=O)c1ccc(OC)c(F)c1)c1ccc(OC)cc1. The van der Waals surface area contributed by atoms with Crippen molar-refractivity contribution in [1.82, 2.24) is 4.72 Å². The van der Waals surface area contributed by atoms with Crippen LogP contribution in [-0.4, -0.2) is 22.6 Å². The molecule has 0 fully saturated rings. The van der Waals surface area contributed by atoms with Crippen molar-refractivity contribution in [3.05, 3.63) is 53.8 Å². The first-order chi connectivity index (χ1) is 11.4. The van der Waals surface area contributed by atoms with Crippen molar-refractivity contribution in [2.24, 2.45) is 0 Å². The Morgan fingerprint density at radius 3 is 2.25 bits per heavy atom. The molecule has 0 aliphatic carbocycles.